The highest BCUT2D eigenvalue weighted by Gasteiger charge is 2.60. The summed E-state index contributed by atoms with van der Waals surface area (Å²) in [5, 5.41) is 3.14. The van der Waals surface area contributed by atoms with E-state index >= 15 is 8.78 Å². The Kier molecular flexibility index (Phi) is 7.37. The summed E-state index contributed by atoms with van der Waals surface area (Å²) >= 11 is 0. The topological polar surface area (TPSA) is 128 Å². The standard InChI is InChI=1S/C26H27F5N4O5S/c1-41(39,40)20(29)9-13(8-12-6-7-32-23(12)36)33-24(37)22-16-3-2-14(11-26(16,30)31)35(22)25(38)19-10-15-17(27)4-5-18(28)21(15)34-19/h4-5,9-10,12-14,16,22,34H,2-3,6-8,11H2,1H3,(H,32,36)(H,33,37). The number of carbonyl (C=O) groups is 3. The number of benzene rings is 1. The van der Waals surface area contributed by atoms with Crippen LogP contribution >= 0.6 is 0 Å². The number of carbonyl (C=O) groups excluding carboxylic acids is 3. The maximum atomic E-state index is 15.1. The van der Waals surface area contributed by atoms with Gasteiger partial charge in [-0.1, -0.05) is 0 Å². The minimum atomic E-state index is -4.32. The lowest BCUT2D eigenvalue weighted by atomic mass is 9.71. The van der Waals surface area contributed by atoms with Crippen molar-refractivity contribution in [3.8, 4) is 0 Å². The molecule has 3 saturated heterocycles. The summed E-state index contributed by atoms with van der Waals surface area (Å²) in [5.41, 5.74) is -0.627. The van der Waals surface area contributed by atoms with E-state index in [0.717, 1.165) is 23.1 Å². The fraction of sp³-hybridized carbons (Fsp3) is 0.500. The SMILES string of the molecule is CS(=O)(=O)C(F)=CC(CC1CCNC1=O)NC(=O)C1C2CCC(CC2(F)F)N1C(=O)c1cc2c(F)ccc(F)c2[nH]1. The van der Waals surface area contributed by atoms with Gasteiger partial charge in [0.2, 0.25) is 26.8 Å². The summed E-state index contributed by atoms with van der Waals surface area (Å²) in [4.78, 5) is 42.8. The van der Waals surface area contributed by atoms with Crippen LogP contribution in [0.5, 0.6) is 0 Å². The van der Waals surface area contributed by atoms with Gasteiger partial charge >= 0.3 is 0 Å². The number of nitrogens with zero attached hydrogens (tertiary/aromatic N) is 1. The van der Waals surface area contributed by atoms with Gasteiger partial charge < -0.3 is 20.5 Å². The van der Waals surface area contributed by atoms with E-state index in [2.05, 4.69) is 15.6 Å². The number of H-pyrrole nitrogens is 1. The first-order valence-electron chi connectivity index (χ1n) is 13.0. The molecule has 5 unspecified atom stereocenters. The fourth-order valence-corrected chi connectivity index (χ4v) is 6.51. The Bertz CT molecular complexity index is 1520. The second-order valence-electron chi connectivity index (χ2n) is 10.8. The predicted octanol–water partition coefficient (Wildman–Crippen LogP) is 2.94. The number of hydrogen-bond donors (Lipinski definition) is 3. The molecule has 2 aromatic rings. The van der Waals surface area contributed by atoms with Crippen molar-refractivity contribution >= 4 is 38.5 Å². The van der Waals surface area contributed by atoms with Crippen molar-refractivity contribution in [2.24, 2.45) is 11.8 Å². The number of hydrogen-bond acceptors (Lipinski definition) is 5. The first-order valence-corrected chi connectivity index (χ1v) is 14.9. The van der Waals surface area contributed by atoms with Gasteiger partial charge in [0, 0.05) is 36.6 Å². The molecule has 9 nitrogen and oxygen atoms in total. The summed E-state index contributed by atoms with van der Waals surface area (Å²) in [6.45, 7) is 0.314. The Hall–Kier alpha value is -3.49. The molecule has 15 heteroatoms. The third-order valence-corrected chi connectivity index (χ3v) is 8.92. The molecule has 1 aromatic heterocycles. The number of aromatic nitrogens is 1. The zero-order valence-corrected chi connectivity index (χ0v) is 22.5. The van der Waals surface area contributed by atoms with Crippen molar-refractivity contribution in [2.75, 3.05) is 12.8 Å². The van der Waals surface area contributed by atoms with Crippen LogP contribution in [0.2, 0.25) is 0 Å². The van der Waals surface area contributed by atoms with Gasteiger partial charge in [0.05, 0.1) is 17.5 Å². The number of amides is 3. The smallest absolute Gasteiger partial charge is 0.271 e. The number of aromatic amines is 1. The Morgan fingerprint density at radius 3 is 2.51 bits per heavy atom. The Balaban J connectivity index is 1.49. The third kappa shape index (κ3) is 5.43. The van der Waals surface area contributed by atoms with Crippen LogP contribution in [-0.2, 0) is 19.4 Å². The quantitative estimate of drug-likeness (QED) is 0.420. The van der Waals surface area contributed by atoms with Crippen LogP contribution < -0.4 is 10.6 Å². The summed E-state index contributed by atoms with van der Waals surface area (Å²) in [6, 6.07) is -1.48. The maximum absolute atomic E-state index is 15.1. The Labute approximate surface area is 231 Å². The summed E-state index contributed by atoms with van der Waals surface area (Å²) < 4.78 is 96.6. The van der Waals surface area contributed by atoms with Gasteiger partial charge in [-0.15, -0.1) is 0 Å². The van der Waals surface area contributed by atoms with Crippen molar-refractivity contribution in [1.29, 1.82) is 0 Å². The van der Waals surface area contributed by atoms with Crippen LogP contribution in [-0.4, -0.2) is 72.9 Å². The lowest BCUT2D eigenvalue weighted by Gasteiger charge is -2.53. The molecule has 1 saturated carbocycles. The van der Waals surface area contributed by atoms with Crippen molar-refractivity contribution in [3.05, 3.63) is 46.8 Å². The molecular formula is C26H27F5N4O5S. The number of piperidine rings is 2. The predicted molar refractivity (Wildman–Crippen MR) is 136 cm³/mol. The molecule has 0 spiro atoms. The molecule has 3 aliphatic heterocycles. The molecule has 222 valence electrons. The van der Waals surface area contributed by atoms with Crippen LogP contribution in [0.4, 0.5) is 22.0 Å². The van der Waals surface area contributed by atoms with E-state index in [1.54, 1.807) is 0 Å². The minimum Gasteiger partial charge on any atom is -0.356 e. The third-order valence-electron chi connectivity index (χ3n) is 8.07. The van der Waals surface area contributed by atoms with Gasteiger partial charge in [0.1, 0.15) is 23.4 Å². The van der Waals surface area contributed by atoms with Gasteiger partial charge in [0.15, 0.2) is 0 Å². The first-order chi connectivity index (χ1) is 19.2. The van der Waals surface area contributed by atoms with Crippen LogP contribution in [0.25, 0.3) is 10.9 Å². The number of nitrogens with one attached hydrogen (secondary N) is 3. The molecule has 4 aliphatic rings. The van der Waals surface area contributed by atoms with E-state index in [-0.39, 0.29) is 35.9 Å². The zero-order valence-electron chi connectivity index (χ0n) is 21.7. The highest BCUT2D eigenvalue weighted by Crippen LogP contribution is 2.49. The summed E-state index contributed by atoms with van der Waals surface area (Å²) in [7, 11) is -4.32. The van der Waals surface area contributed by atoms with Crippen LogP contribution in [0.3, 0.4) is 0 Å². The molecule has 3 N–H and O–H groups in total. The van der Waals surface area contributed by atoms with Gasteiger partial charge in [-0.2, -0.15) is 4.39 Å². The second-order valence-corrected chi connectivity index (χ2v) is 12.8. The number of sulfone groups is 1. The van der Waals surface area contributed by atoms with E-state index in [9.17, 15) is 36.0 Å². The average Bonchev–Trinajstić information content (AvgIpc) is 3.52. The minimum absolute atomic E-state index is 0.112. The molecule has 2 bridgehead atoms. The number of halogens is 5. The highest BCUT2D eigenvalue weighted by atomic mass is 32.2. The second kappa shape index (κ2) is 10.4. The van der Waals surface area contributed by atoms with Crippen LogP contribution in [0.15, 0.2) is 29.4 Å². The maximum Gasteiger partial charge on any atom is 0.271 e. The Morgan fingerprint density at radius 2 is 1.90 bits per heavy atom. The lowest BCUT2D eigenvalue weighted by Crippen LogP contribution is -2.68. The van der Waals surface area contributed by atoms with Gasteiger partial charge in [-0.05, 0) is 50.0 Å². The van der Waals surface area contributed by atoms with E-state index in [1.165, 1.54) is 0 Å². The molecule has 1 aliphatic carbocycles. The molecule has 3 amide bonds. The van der Waals surface area contributed by atoms with E-state index < -0.39 is 86.7 Å². The molecule has 4 heterocycles. The lowest BCUT2D eigenvalue weighted by molar-refractivity contribution is -0.179. The van der Waals surface area contributed by atoms with Crippen molar-refractivity contribution in [2.45, 2.75) is 56.2 Å². The Morgan fingerprint density at radius 1 is 1.20 bits per heavy atom. The molecule has 6 rings (SSSR count). The first kappa shape index (κ1) is 29.0. The molecule has 41 heavy (non-hydrogen) atoms. The average molecular weight is 603 g/mol. The van der Waals surface area contributed by atoms with Gasteiger partial charge in [0.25, 0.3) is 11.8 Å². The summed E-state index contributed by atoms with van der Waals surface area (Å²) in [6.07, 6.45) is 0.618. The molecule has 5 atom stereocenters. The highest BCUT2D eigenvalue weighted by molar-refractivity contribution is 7.94. The van der Waals surface area contributed by atoms with Crippen molar-refractivity contribution < 1.29 is 44.8 Å². The fourth-order valence-electron chi connectivity index (χ4n) is 6.10. The normalized spacial score (nSPS) is 26.7. The molecule has 0 radical (unpaired) electrons. The van der Waals surface area contributed by atoms with E-state index in [1.807, 2.05) is 0 Å². The van der Waals surface area contributed by atoms with E-state index in [4.69, 9.17) is 0 Å². The van der Waals surface area contributed by atoms with Crippen molar-refractivity contribution in [3.63, 3.8) is 0 Å². The van der Waals surface area contributed by atoms with Gasteiger partial charge in [-0.25, -0.2) is 26.0 Å². The van der Waals surface area contributed by atoms with Crippen molar-refractivity contribution in [1.82, 2.24) is 20.5 Å². The monoisotopic (exact) mass is 602 g/mol. The van der Waals surface area contributed by atoms with Crippen LogP contribution in [0.1, 0.15) is 42.6 Å². The van der Waals surface area contributed by atoms with E-state index in [0.29, 0.717) is 25.3 Å². The zero-order chi connectivity index (χ0) is 29.9. The molecule has 4 fully saturated rings. The van der Waals surface area contributed by atoms with Gasteiger partial charge in [-0.3, -0.25) is 14.4 Å². The molecule has 1 aromatic carbocycles. The number of alkyl halides is 2. The number of rotatable bonds is 7. The number of fused-ring (bicyclic) bond motifs is 4. The summed E-state index contributed by atoms with van der Waals surface area (Å²) in [5.74, 6) is -9.77. The molecular weight excluding hydrogens is 575 g/mol. The van der Waals surface area contributed by atoms with Crippen LogP contribution in [0, 0.1) is 23.5 Å². The largest absolute Gasteiger partial charge is 0.356 e.